The molecule has 18 heavy (non-hydrogen) atoms. The first-order valence-electron chi connectivity index (χ1n) is 7.22. The molecule has 1 aliphatic heterocycles. The van der Waals surface area contributed by atoms with Crippen molar-refractivity contribution in [1.29, 1.82) is 0 Å². The molecule has 2 nitrogen and oxygen atoms in total. The zero-order valence-corrected chi connectivity index (χ0v) is 11.7. The third kappa shape index (κ3) is 3.05. The molecule has 1 saturated heterocycles. The van der Waals surface area contributed by atoms with Gasteiger partial charge in [0.25, 0.3) is 0 Å². The van der Waals surface area contributed by atoms with Crippen molar-refractivity contribution in [3.8, 4) is 0 Å². The number of piperidine rings is 1. The molecule has 0 amide bonds. The van der Waals surface area contributed by atoms with Crippen LogP contribution in [0.2, 0.25) is 0 Å². The molecule has 0 spiro atoms. The lowest BCUT2D eigenvalue weighted by molar-refractivity contribution is 0.229. The molecule has 1 fully saturated rings. The number of para-hydroxylation sites is 1. The Labute approximate surface area is 111 Å². The largest absolute Gasteiger partial charge is 0.371 e. The van der Waals surface area contributed by atoms with Crippen LogP contribution in [0.5, 0.6) is 0 Å². The Balaban J connectivity index is 2.05. The zero-order chi connectivity index (χ0) is 13.0. The van der Waals surface area contributed by atoms with Crippen LogP contribution < -0.4 is 10.6 Å². The Morgan fingerprint density at radius 2 is 2.06 bits per heavy atom. The molecule has 1 aromatic carbocycles. The van der Waals surface area contributed by atoms with Crippen molar-refractivity contribution in [2.45, 2.75) is 45.1 Å². The highest BCUT2D eigenvalue weighted by Gasteiger charge is 2.35. The van der Waals surface area contributed by atoms with Gasteiger partial charge in [0.15, 0.2) is 0 Å². The van der Waals surface area contributed by atoms with Gasteiger partial charge in [0.05, 0.1) is 0 Å². The van der Waals surface area contributed by atoms with Crippen LogP contribution in [0.1, 0.15) is 39.5 Å². The van der Waals surface area contributed by atoms with Gasteiger partial charge in [-0.3, -0.25) is 0 Å². The fraction of sp³-hybridized carbons (Fsp3) is 0.625. The summed E-state index contributed by atoms with van der Waals surface area (Å²) in [7, 11) is 0. The van der Waals surface area contributed by atoms with Crippen molar-refractivity contribution in [3.05, 3.63) is 30.3 Å². The van der Waals surface area contributed by atoms with E-state index >= 15 is 0 Å². The van der Waals surface area contributed by atoms with E-state index in [0.29, 0.717) is 5.92 Å². The van der Waals surface area contributed by atoms with E-state index in [4.69, 9.17) is 5.73 Å². The van der Waals surface area contributed by atoms with E-state index < -0.39 is 0 Å². The van der Waals surface area contributed by atoms with Gasteiger partial charge < -0.3 is 10.6 Å². The molecule has 2 N–H and O–H groups in total. The molecule has 1 aliphatic rings. The second kappa shape index (κ2) is 5.75. The minimum Gasteiger partial charge on any atom is -0.371 e. The standard InChI is InChI=1S/C16H26N2/c1-3-4-8-14-13-18(12-11-16(14,2)17)15-9-6-5-7-10-15/h5-7,9-10,14H,3-4,8,11-13,17H2,1-2H3. The van der Waals surface area contributed by atoms with Gasteiger partial charge in [-0.1, -0.05) is 38.0 Å². The lowest BCUT2D eigenvalue weighted by Crippen LogP contribution is -2.55. The number of anilines is 1. The fourth-order valence-corrected chi connectivity index (χ4v) is 2.89. The number of unbranched alkanes of at least 4 members (excludes halogenated alkanes) is 1. The molecule has 2 rings (SSSR count). The highest BCUT2D eigenvalue weighted by atomic mass is 15.2. The quantitative estimate of drug-likeness (QED) is 0.882. The van der Waals surface area contributed by atoms with Gasteiger partial charge >= 0.3 is 0 Å². The molecule has 0 aromatic heterocycles. The van der Waals surface area contributed by atoms with Crippen molar-refractivity contribution in [3.63, 3.8) is 0 Å². The molecule has 2 atom stereocenters. The molecule has 0 aliphatic carbocycles. The Bertz CT molecular complexity index is 359. The highest BCUT2D eigenvalue weighted by molar-refractivity contribution is 5.46. The second-order valence-electron chi connectivity index (χ2n) is 5.88. The van der Waals surface area contributed by atoms with Gasteiger partial charge in [0, 0.05) is 24.3 Å². The maximum Gasteiger partial charge on any atom is 0.0366 e. The summed E-state index contributed by atoms with van der Waals surface area (Å²) >= 11 is 0. The molecule has 1 heterocycles. The summed E-state index contributed by atoms with van der Waals surface area (Å²) in [5.74, 6) is 0.617. The van der Waals surface area contributed by atoms with Crippen LogP contribution in [0.3, 0.4) is 0 Å². The Hall–Kier alpha value is -1.02. The van der Waals surface area contributed by atoms with Crippen LogP contribution in [0.25, 0.3) is 0 Å². The van der Waals surface area contributed by atoms with E-state index in [9.17, 15) is 0 Å². The van der Waals surface area contributed by atoms with E-state index in [-0.39, 0.29) is 5.54 Å². The maximum atomic E-state index is 6.48. The minimum atomic E-state index is 0.0143. The van der Waals surface area contributed by atoms with Crippen LogP contribution in [-0.2, 0) is 0 Å². The van der Waals surface area contributed by atoms with Gasteiger partial charge in [0.2, 0.25) is 0 Å². The first-order chi connectivity index (χ1) is 8.63. The molecular formula is C16H26N2. The summed E-state index contributed by atoms with van der Waals surface area (Å²) in [4.78, 5) is 2.49. The van der Waals surface area contributed by atoms with Gasteiger partial charge in [-0.15, -0.1) is 0 Å². The van der Waals surface area contributed by atoms with E-state index in [1.54, 1.807) is 0 Å². The highest BCUT2D eigenvalue weighted by Crippen LogP contribution is 2.31. The number of benzene rings is 1. The third-order valence-corrected chi connectivity index (χ3v) is 4.32. The summed E-state index contributed by atoms with van der Waals surface area (Å²) < 4.78 is 0. The number of nitrogens with two attached hydrogens (primary N) is 1. The lowest BCUT2D eigenvalue weighted by atomic mass is 9.77. The van der Waals surface area contributed by atoms with Gasteiger partial charge in [-0.25, -0.2) is 0 Å². The predicted molar refractivity (Wildman–Crippen MR) is 78.9 cm³/mol. The summed E-state index contributed by atoms with van der Waals surface area (Å²) in [6, 6.07) is 10.7. The van der Waals surface area contributed by atoms with Crippen molar-refractivity contribution < 1.29 is 0 Å². The van der Waals surface area contributed by atoms with Gasteiger partial charge in [-0.05, 0) is 37.8 Å². The smallest absolute Gasteiger partial charge is 0.0366 e. The van der Waals surface area contributed by atoms with E-state index in [1.807, 2.05) is 0 Å². The molecule has 1 aromatic rings. The van der Waals surface area contributed by atoms with E-state index in [1.165, 1.54) is 24.9 Å². The normalized spacial score (nSPS) is 28.4. The molecule has 2 unspecified atom stereocenters. The Morgan fingerprint density at radius 3 is 2.72 bits per heavy atom. The van der Waals surface area contributed by atoms with E-state index in [2.05, 4.69) is 49.1 Å². The van der Waals surface area contributed by atoms with Crippen LogP contribution in [-0.4, -0.2) is 18.6 Å². The number of rotatable bonds is 4. The summed E-state index contributed by atoms with van der Waals surface area (Å²) in [6.45, 7) is 6.68. The molecule has 0 radical (unpaired) electrons. The number of nitrogens with zero attached hydrogens (tertiary/aromatic N) is 1. The summed E-state index contributed by atoms with van der Waals surface area (Å²) in [5, 5.41) is 0. The van der Waals surface area contributed by atoms with Crippen molar-refractivity contribution in [2.24, 2.45) is 11.7 Å². The molecule has 100 valence electrons. The first kappa shape index (κ1) is 13.4. The Morgan fingerprint density at radius 1 is 1.33 bits per heavy atom. The average Bonchev–Trinajstić information content (AvgIpc) is 2.38. The van der Waals surface area contributed by atoms with Crippen LogP contribution in [0.15, 0.2) is 30.3 Å². The molecular weight excluding hydrogens is 220 g/mol. The zero-order valence-electron chi connectivity index (χ0n) is 11.7. The molecule has 0 saturated carbocycles. The lowest BCUT2D eigenvalue weighted by Gasteiger charge is -2.45. The van der Waals surface area contributed by atoms with Crippen molar-refractivity contribution in [2.75, 3.05) is 18.0 Å². The summed E-state index contributed by atoms with van der Waals surface area (Å²) in [5.41, 5.74) is 7.83. The van der Waals surface area contributed by atoms with Crippen LogP contribution in [0.4, 0.5) is 5.69 Å². The fourth-order valence-electron chi connectivity index (χ4n) is 2.89. The molecule has 2 heteroatoms. The number of hydrogen-bond acceptors (Lipinski definition) is 2. The van der Waals surface area contributed by atoms with Gasteiger partial charge in [0.1, 0.15) is 0 Å². The van der Waals surface area contributed by atoms with Gasteiger partial charge in [-0.2, -0.15) is 0 Å². The SMILES string of the molecule is CCCCC1CN(c2ccccc2)CCC1(C)N. The first-order valence-corrected chi connectivity index (χ1v) is 7.22. The average molecular weight is 246 g/mol. The monoisotopic (exact) mass is 246 g/mol. The third-order valence-electron chi connectivity index (χ3n) is 4.32. The second-order valence-corrected chi connectivity index (χ2v) is 5.88. The summed E-state index contributed by atoms with van der Waals surface area (Å²) in [6.07, 6.45) is 4.90. The van der Waals surface area contributed by atoms with Crippen LogP contribution >= 0.6 is 0 Å². The van der Waals surface area contributed by atoms with E-state index in [0.717, 1.165) is 19.5 Å². The van der Waals surface area contributed by atoms with Crippen LogP contribution in [0, 0.1) is 5.92 Å². The number of hydrogen-bond donors (Lipinski definition) is 1. The minimum absolute atomic E-state index is 0.0143. The van der Waals surface area contributed by atoms with Crippen molar-refractivity contribution >= 4 is 5.69 Å². The Kier molecular flexibility index (Phi) is 4.28. The maximum absolute atomic E-state index is 6.48. The van der Waals surface area contributed by atoms with Crippen molar-refractivity contribution in [1.82, 2.24) is 0 Å². The topological polar surface area (TPSA) is 29.3 Å². The molecule has 0 bridgehead atoms. The predicted octanol–water partition coefficient (Wildman–Crippen LogP) is 3.42.